The molecule has 1 rings (SSSR count). The molecule has 0 fully saturated rings. The number of pyridine rings is 1. The van der Waals surface area contributed by atoms with E-state index in [1.54, 1.807) is 11.8 Å². The van der Waals surface area contributed by atoms with E-state index in [0.29, 0.717) is 18.0 Å². The van der Waals surface area contributed by atoms with Crippen LogP contribution in [0.3, 0.4) is 0 Å². The van der Waals surface area contributed by atoms with Gasteiger partial charge in [-0.3, -0.25) is 4.98 Å². The van der Waals surface area contributed by atoms with Crippen molar-refractivity contribution in [3.63, 3.8) is 0 Å². The average Bonchev–Trinajstić information content (AvgIpc) is 2.18. The van der Waals surface area contributed by atoms with Crippen molar-refractivity contribution in [3.8, 4) is 5.75 Å². The van der Waals surface area contributed by atoms with Crippen LogP contribution in [0.2, 0.25) is 0 Å². The Labute approximate surface area is 113 Å². The Balaban J connectivity index is 0. The molecule has 94 valence electrons. The second kappa shape index (κ2) is 8.93. The zero-order chi connectivity index (χ0) is 10.6. The highest BCUT2D eigenvalue weighted by Crippen LogP contribution is 2.25. The lowest BCUT2D eigenvalue weighted by molar-refractivity contribution is 0.457. The van der Waals surface area contributed by atoms with Crippen molar-refractivity contribution in [3.05, 3.63) is 23.0 Å². The van der Waals surface area contributed by atoms with Gasteiger partial charge in [-0.05, 0) is 25.8 Å². The van der Waals surface area contributed by atoms with Gasteiger partial charge in [-0.2, -0.15) is 11.8 Å². The zero-order valence-electron chi connectivity index (χ0n) is 9.61. The molecule has 0 unspecified atom stereocenters. The highest BCUT2D eigenvalue weighted by Gasteiger charge is 2.10. The Bertz CT molecular complexity index is 324. The average molecular weight is 285 g/mol. The van der Waals surface area contributed by atoms with Gasteiger partial charge in [0.05, 0.1) is 5.69 Å². The van der Waals surface area contributed by atoms with E-state index >= 15 is 0 Å². The molecule has 0 aliphatic heterocycles. The van der Waals surface area contributed by atoms with Gasteiger partial charge in [0.1, 0.15) is 5.75 Å². The quantitative estimate of drug-likeness (QED) is 0.892. The molecule has 16 heavy (non-hydrogen) atoms. The smallest absolute Gasteiger partial charge is 0.141 e. The minimum absolute atomic E-state index is 0. The fourth-order valence-electron chi connectivity index (χ4n) is 1.34. The summed E-state index contributed by atoms with van der Waals surface area (Å²) in [7, 11) is 1.87. The fraction of sp³-hybridized carbons (Fsp3) is 0.500. The first-order valence-corrected chi connectivity index (χ1v) is 5.90. The summed E-state index contributed by atoms with van der Waals surface area (Å²) in [5.74, 6) is 1.21. The Hall–Kier alpha value is -0.160. The van der Waals surface area contributed by atoms with E-state index in [1.165, 1.54) is 0 Å². The van der Waals surface area contributed by atoms with Gasteiger partial charge >= 0.3 is 0 Å². The predicted octanol–water partition coefficient (Wildman–Crippen LogP) is 2.52. The Kier molecular flexibility index (Phi) is 10.2. The molecular weight excluding hydrogens is 267 g/mol. The normalized spacial score (nSPS) is 9.19. The maximum atomic E-state index is 9.82. The van der Waals surface area contributed by atoms with E-state index in [0.717, 1.165) is 16.9 Å². The summed E-state index contributed by atoms with van der Waals surface area (Å²) in [5, 5.41) is 12.9. The third-order valence-corrected chi connectivity index (χ3v) is 2.68. The van der Waals surface area contributed by atoms with Crippen molar-refractivity contribution < 1.29 is 5.11 Å². The maximum absolute atomic E-state index is 9.82. The molecule has 2 N–H and O–H groups in total. The molecule has 0 atom stereocenters. The van der Waals surface area contributed by atoms with E-state index in [9.17, 15) is 5.11 Å². The van der Waals surface area contributed by atoms with Crippen LogP contribution in [-0.4, -0.2) is 23.4 Å². The molecule has 1 heterocycles. The Morgan fingerprint density at radius 1 is 1.44 bits per heavy atom. The van der Waals surface area contributed by atoms with Crippen LogP contribution in [0, 0.1) is 6.92 Å². The number of halogens is 2. The lowest BCUT2D eigenvalue weighted by atomic mass is 10.1. The van der Waals surface area contributed by atoms with Crippen LogP contribution in [-0.2, 0) is 12.3 Å². The molecule has 1 aromatic rings. The van der Waals surface area contributed by atoms with Crippen molar-refractivity contribution >= 4 is 36.6 Å². The molecule has 1 aromatic heterocycles. The van der Waals surface area contributed by atoms with Gasteiger partial charge in [-0.1, -0.05) is 0 Å². The van der Waals surface area contributed by atoms with Gasteiger partial charge in [-0.15, -0.1) is 24.8 Å². The van der Waals surface area contributed by atoms with Crippen molar-refractivity contribution in [2.45, 2.75) is 19.2 Å². The molecule has 0 saturated heterocycles. The number of aryl methyl sites for hydroxylation is 1. The monoisotopic (exact) mass is 284 g/mol. The minimum atomic E-state index is 0. The topological polar surface area (TPSA) is 45.2 Å². The van der Waals surface area contributed by atoms with E-state index in [2.05, 4.69) is 10.3 Å². The lowest BCUT2D eigenvalue weighted by Gasteiger charge is -2.11. The third kappa shape index (κ3) is 4.37. The first-order valence-electron chi connectivity index (χ1n) is 4.50. The molecule has 0 aromatic carbocycles. The number of rotatable bonds is 4. The van der Waals surface area contributed by atoms with Gasteiger partial charge in [0.15, 0.2) is 0 Å². The molecule has 0 bridgehead atoms. The van der Waals surface area contributed by atoms with E-state index < -0.39 is 0 Å². The summed E-state index contributed by atoms with van der Waals surface area (Å²) in [4.78, 5) is 4.15. The second-order valence-corrected chi connectivity index (χ2v) is 4.03. The summed E-state index contributed by atoms with van der Waals surface area (Å²) in [6.45, 7) is 2.50. The van der Waals surface area contributed by atoms with E-state index in [1.807, 2.05) is 26.4 Å². The number of nitrogens with zero attached hydrogens (tertiary/aromatic N) is 1. The number of aromatic nitrogens is 1. The van der Waals surface area contributed by atoms with E-state index in [-0.39, 0.29) is 24.8 Å². The van der Waals surface area contributed by atoms with Crippen LogP contribution < -0.4 is 5.32 Å². The van der Waals surface area contributed by atoms with Gasteiger partial charge < -0.3 is 10.4 Å². The molecule has 0 radical (unpaired) electrons. The second-order valence-electron chi connectivity index (χ2n) is 3.16. The van der Waals surface area contributed by atoms with Gasteiger partial charge in [0, 0.05) is 24.1 Å². The number of nitrogens with one attached hydrogen (secondary N) is 1. The lowest BCUT2D eigenvalue weighted by Crippen LogP contribution is -2.09. The summed E-state index contributed by atoms with van der Waals surface area (Å²) in [6, 6.07) is 0. The van der Waals surface area contributed by atoms with Crippen LogP contribution in [0.1, 0.15) is 16.8 Å². The Morgan fingerprint density at radius 3 is 2.56 bits per heavy atom. The van der Waals surface area contributed by atoms with E-state index in [4.69, 9.17) is 0 Å². The molecule has 0 spiro atoms. The van der Waals surface area contributed by atoms with Crippen molar-refractivity contribution in [1.29, 1.82) is 0 Å². The molecule has 0 aliphatic carbocycles. The van der Waals surface area contributed by atoms with Gasteiger partial charge in [-0.25, -0.2) is 0 Å². The first-order chi connectivity index (χ1) is 6.70. The maximum Gasteiger partial charge on any atom is 0.141 e. The highest BCUT2D eigenvalue weighted by molar-refractivity contribution is 7.97. The van der Waals surface area contributed by atoms with Crippen LogP contribution in [0.5, 0.6) is 5.75 Å². The van der Waals surface area contributed by atoms with Crippen LogP contribution >= 0.6 is 36.6 Å². The predicted molar refractivity (Wildman–Crippen MR) is 75.1 cm³/mol. The van der Waals surface area contributed by atoms with Crippen LogP contribution in [0.25, 0.3) is 0 Å². The number of hydrogen-bond acceptors (Lipinski definition) is 4. The molecule has 0 aliphatic rings. The minimum Gasteiger partial charge on any atom is -0.506 e. The van der Waals surface area contributed by atoms with Crippen LogP contribution in [0.4, 0.5) is 0 Å². The number of hydrogen-bond donors (Lipinski definition) is 2. The summed E-state index contributed by atoms with van der Waals surface area (Å²) in [6.07, 6.45) is 3.89. The standard InChI is InChI=1S/C10H16N2OS.2ClH/c1-7-10(13)9(5-11-2)8(4-12-7)6-14-3;;/h4,11,13H,5-6H2,1-3H3;2*1H. The zero-order valence-corrected chi connectivity index (χ0v) is 12.1. The van der Waals surface area contributed by atoms with Crippen molar-refractivity contribution in [2.24, 2.45) is 0 Å². The van der Waals surface area contributed by atoms with Gasteiger partial charge in [0.25, 0.3) is 0 Å². The first kappa shape index (κ1) is 18.2. The summed E-state index contributed by atoms with van der Waals surface area (Å²) in [5.41, 5.74) is 2.77. The fourth-order valence-corrected chi connectivity index (χ4v) is 1.90. The van der Waals surface area contributed by atoms with Crippen molar-refractivity contribution in [2.75, 3.05) is 13.3 Å². The molecular formula is C10H18Cl2N2OS. The van der Waals surface area contributed by atoms with Crippen LogP contribution in [0.15, 0.2) is 6.20 Å². The molecule has 0 amide bonds. The SMILES string of the molecule is CNCc1c(CSC)cnc(C)c1O.Cl.Cl. The molecule has 3 nitrogen and oxygen atoms in total. The third-order valence-electron chi connectivity index (χ3n) is 2.08. The largest absolute Gasteiger partial charge is 0.506 e. The highest BCUT2D eigenvalue weighted by atomic mass is 35.5. The number of thioether (sulfide) groups is 1. The molecule has 6 heteroatoms. The van der Waals surface area contributed by atoms with Crippen molar-refractivity contribution in [1.82, 2.24) is 10.3 Å². The molecule has 0 saturated carbocycles. The summed E-state index contributed by atoms with van der Waals surface area (Å²) < 4.78 is 0. The van der Waals surface area contributed by atoms with Gasteiger partial charge in [0.2, 0.25) is 0 Å². The number of aromatic hydroxyl groups is 1. The Morgan fingerprint density at radius 2 is 2.06 bits per heavy atom. The summed E-state index contributed by atoms with van der Waals surface area (Å²) >= 11 is 1.73.